The number of carbonyl (C=O) groups excluding carboxylic acids is 3. The summed E-state index contributed by atoms with van der Waals surface area (Å²) in [5.41, 5.74) is 1.19. The molecule has 178 valence electrons. The van der Waals surface area contributed by atoms with Gasteiger partial charge in [-0.3, -0.25) is 28.9 Å². The maximum atomic E-state index is 13.4. The number of para-hydroxylation sites is 1. The van der Waals surface area contributed by atoms with E-state index in [0.717, 1.165) is 5.56 Å². The number of rotatable bonds is 3. The van der Waals surface area contributed by atoms with Crippen molar-refractivity contribution in [1.29, 1.82) is 0 Å². The Bertz CT molecular complexity index is 1160. The molecule has 1 aromatic heterocycles. The van der Waals surface area contributed by atoms with Gasteiger partial charge in [-0.05, 0) is 40.2 Å². The number of aromatic nitrogens is 2. The van der Waals surface area contributed by atoms with Crippen LogP contribution in [0.15, 0.2) is 23.0 Å². The van der Waals surface area contributed by atoms with Crippen molar-refractivity contribution in [3.63, 3.8) is 0 Å². The minimum atomic E-state index is -0.757. The number of imidazole rings is 1. The van der Waals surface area contributed by atoms with E-state index in [4.69, 9.17) is 4.74 Å². The summed E-state index contributed by atoms with van der Waals surface area (Å²) in [7, 11) is 0. The molecule has 2 aliphatic rings. The van der Waals surface area contributed by atoms with Crippen LogP contribution in [0.2, 0.25) is 0 Å². The van der Waals surface area contributed by atoms with E-state index in [0.29, 0.717) is 37.2 Å². The van der Waals surface area contributed by atoms with E-state index in [2.05, 4.69) is 10.6 Å². The summed E-state index contributed by atoms with van der Waals surface area (Å²) >= 11 is 0. The van der Waals surface area contributed by atoms with Gasteiger partial charge in [0.2, 0.25) is 11.8 Å². The van der Waals surface area contributed by atoms with Crippen LogP contribution < -0.4 is 16.3 Å². The zero-order valence-corrected chi connectivity index (χ0v) is 19.5. The number of benzene rings is 1. The summed E-state index contributed by atoms with van der Waals surface area (Å²) in [6, 6.07) is 4.46. The van der Waals surface area contributed by atoms with Crippen LogP contribution in [0.5, 0.6) is 0 Å². The fraction of sp³-hybridized carbons (Fsp3) is 0.565. The molecule has 4 rings (SSSR count). The smallest absolute Gasteiger partial charge is 0.410 e. The number of nitrogens with one attached hydrogen (secondary N) is 2. The highest BCUT2D eigenvalue weighted by molar-refractivity contribution is 6.00. The Hall–Kier alpha value is -3.14. The molecule has 2 fully saturated rings. The molecule has 2 saturated heterocycles. The number of piperazine rings is 1. The van der Waals surface area contributed by atoms with E-state index in [-0.39, 0.29) is 30.5 Å². The van der Waals surface area contributed by atoms with Crippen LogP contribution in [0.1, 0.15) is 58.2 Å². The highest BCUT2D eigenvalue weighted by atomic mass is 16.6. The Morgan fingerprint density at radius 1 is 1.18 bits per heavy atom. The molecule has 2 aliphatic heterocycles. The maximum absolute atomic E-state index is 13.4. The normalized spacial score (nSPS) is 21.9. The molecule has 0 saturated carbocycles. The molecule has 0 spiro atoms. The third-order valence-corrected chi connectivity index (χ3v) is 6.08. The zero-order valence-electron chi connectivity index (χ0n) is 19.5. The van der Waals surface area contributed by atoms with Crippen LogP contribution in [0.4, 0.5) is 4.79 Å². The van der Waals surface area contributed by atoms with E-state index in [9.17, 15) is 19.2 Å². The lowest BCUT2D eigenvalue weighted by molar-refractivity contribution is -0.135. The molecular formula is C23H31N5O5. The van der Waals surface area contributed by atoms with Gasteiger partial charge in [0.05, 0.1) is 17.1 Å². The number of fused-ring (bicyclic) bond motifs is 1. The molecule has 2 aromatic rings. The lowest BCUT2D eigenvalue weighted by atomic mass is 10.0. The molecule has 1 aromatic carbocycles. The van der Waals surface area contributed by atoms with Gasteiger partial charge in [-0.2, -0.15) is 0 Å². The molecule has 10 nitrogen and oxygen atoms in total. The Balaban J connectivity index is 1.84. The molecule has 2 unspecified atom stereocenters. The Morgan fingerprint density at radius 2 is 1.94 bits per heavy atom. The third kappa shape index (κ3) is 4.27. The summed E-state index contributed by atoms with van der Waals surface area (Å²) < 4.78 is 8.77. The Morgan fingerprint density at radius 3 is 2.61 bits per heavy atom. The number of ether oxygens (including phenoxy) is 1. The van der Waals surface area contributed by atoms with Crippen LogP contribution in [-0.2, 0) is 20.9 Å². The second kappa shape index (κ2) is 8.66. The summed E-state index contributed by atoms with van der Waals surface area (Å²) in [5, 5.41) is 5.68. The summed E-state index contributed by atoms with van der Waals surface area (Å²) in [6.45, 7) is 9.40. The lowest BCUT2D eigenvalue weighted by Gasteiger charge is -2.37. The third-order valence-electron chi connectivity index (χ3n) is 6.08. The largest absolute Gasteiger partial charge is 0.444 e. The van der Waals surface area contributed by atoms with Gasteiger partial charge in [-0.15, -0.1) is 0 Å². The van der Waals surface area contributed by atoms with Crippen molar-refractivity contribution < 1.29 is 19.1 Å². The van der Waals surface area contributed by atoms with Gasteiger partial charge in [-0.25, -0.2) is 9.59 Å². The van der Waals surface area contributed by atoms with E-state index in [1.807, 2.05) is 45.9 Å². The Labute approximate surface area is 191 Å². The number of imide groups is 1. The first-order chi connectivity index (χ1) is 15.6. The lowest BCUT2D eigenvalue weighted by Crippen LogP contribution is -2.50. The van der Waals surface area contributed by atoms with Crippen LogP contribution in [0.3, 0.4) is 0 Å². The van der Waals surface area contributed by atoms with E-state index < -0.39 is 23.6 Å². The molecule has 2 atom stereocenters. The molecule has 0 bridgehead atoms. The first-order valence-electron chi connectivity index (χ1n) is 11.4. The van der Waals surface area contributed by atoms with Gasteiger partial charge in [0.25, 0.3) is 0 Å². The minimum absolute atomic E-state index is 0.181. The van der Waals surface area contributed by atoms with Crippen LogP contribution in [-0.4, -0.2) is 57.2 Å². The van der Waals surface area contributed by atoms with Gasteiger partial charge in [0.1, 0.15) is 11.6 Å². The van der Waals surface area contributed by atoms with Crippen molar-refractivity contribution in [2.24, 2.45) is 0 Å². The minimum Gasteiger partial charge on any atom is -0.444 e. The number of carbonyl (C=O) groups is 3. The second-order valence-electron chi connectivity index (χ2n) is 9.47. The van der Waals surface area contributed by atoms with Crippen molar-refractivity contribution >= 4 is 28.9 Å². The van der Waals surface area contributed by atoms with Crippen LogP contribution >= 0.6 is 0 Å². The van der Waals surface area contributed by atoms with Gasteiger partial charge in [0, 0.05) is 38.2 Å². The topological polar surface area (TPSA) is 115 Å². The predicted molar refractivity (Wildman–Crippen MR) is 122 cm³/mol. The monoisotopic (exact) mass is 457 g/mol. The van der Waals surface area contributed by atoms with Crippen molar-refractivity contribution in [2.45, 2.75) is 64.8 Å². The predicted octanol–water partition coefficient (Wildman–Crippen LogP) is 1.68. The standard InChI is InChI=1S/C23H31N5O5/c1-5-26-19-14(17-13-24-11-12-27(17)22(32)33-23(2,3)4)7-6-8-15(19)28(21(26)31)16-9-10-18(29)25-20(16)30/h6-8,16-17,24H,5,9-13H2,1-4H3,(H,25,29,30). The van der Waals surface area contributed by atoms with Gasteiger partial charge < -0.3 is 10.1 Å². The second-order valence-corrected chi connectivity index (χ2v) is 9.47. The molecule has 0 radical (unpaired) electrons. The van der Waals surface area contributed by atoms with Gasteiger partial charge >= 0.3 is 11.8 Å². The van der Waals surface area contributed by atoms with E-state index in [1.165, 1.54) is 4.57 Å². The maximum Gasteiger partial charge on any atom is 0.410 e. The molecule has 3 heterocycles. The first-order valence-corrected chi connectivity index (χ1v) is 11.4. The SMILES string of the molecule is CCn1c(=O)n(C2CCC(=O)NC2=O)c2cccc(C3CNCCN3C(=O)OC(C)(C)C)c21. The molecule has 3 amide bonds. The number of piperidine rings is 1. The number of hydrogen-bond acceptors (Lipinski definition) is 6. The number of nitrogens with zero attached hydrogens (tertiary/aromatic N) is 3. The Kier molecular flexibility index (Phi) is 6.04. The average Bonchev–Trinajstić information content (AvgIpc) is 3.04. The highest BCUT2D eigenvalue weighted by Crippen LogP contribution is 2.32. The number of hydrogen-bond donors (Lipinski definition) is 2. The van der Waals surface area contributed by atoms with Gasteiger partial charge in [0.15, 0.2) is 0 Å². The quantitative estimate of drug-likeness (QED) is 0.678. The number of amides is 3. The molecule has 10 heteroatoms. The molecule has 2 N–H and O–H groups in total. The molecule has 0 aliphatic carbocycles. The van der Waals surface area contributed by atoms with Crippen LogP contribution in [0, 0.1) is 0 Å². The molecule has 33 heavy (non-hydrogen) atoms. The fourth-order valence-electron chi connectivity index (χ4n) is 4.68. The first kappa shape index (κ1) is 23.0. The van der Waals surface area contributed by atoms with Crippen LogP contribution in [0.25, 0.3) is 11.0 Å². The van der Waals surface area contributed by atoms with E-state index >= 15 is 0 Å². The van der Waals surface area contributed by atoms with Crippen molar-refractivity contribution in [1.82, 2.24) is 24.7 Å². The molecular weight excluding hydrogens is 426 g/mol. The average molecular weight is 458 g/mol. The zero-order chi connectivity index (χ0) is 23.9. The summed E-state index contributed by atoms with van der Waals surface area (Å²) in [4.78, 5) is 52.3. The van der Waals surface area contributed by atoms with Crippen molar-refractivity contribution in [3.8, 4) is 0 Å². The fourth-order valence-corrected chi connectivity index (χ4v) is 4.68. The number of aryl methyl sites for hydroxylation is 1. The summed E-state index contributed by atoms with van der Waals surface area (Å²) in [6.07, 6.45) is 0.0495. The van der Waals surface area contributed by atoms with E-state index in [1.54, 1.807) is 9.47 Å². The van der Waals surface area contributed by atoms with Crippen molar-refractivity contribution in [3.05, 3.63) is 34.2 Å². The van der Waals surface area contributed by atoms with Gasteiger partial charge in [-0.1, -0.05) is 12.1 Å². The summed E-state index contributed by atoms with van der Waals surface area (Å²) in [5.74, 6) is -0.797. The van der Waals surface area contributed by atoms with Crippen molar-refractivity contribution in [2.75, 3.05) is 19.6 Å². The highest BCUT2D eigenvalue weighted by Gasteiger charge is 2.35.